The molecule has 0 unspecified atom stereocenters. The fourth-order valence-corrected chi connectivity index (χ4v) is 6.07. The molecule has 0 radical (unpaired) electrons. The van der Waals surface area contributed by atoms with Crippen molar-refractivity contribution in [1.29, 1.82) is 0 Å². The van der Waals surface area contributed by atoms with Gasteiger partial charge >= 0.3 is 0 Å². The summed E-state index contributed by atoms with van der Waals surface area (Å²) in [6.45, 7) is 8.19. The van der Waals surface area contributed by atoms with Crippen LogP contribution in [0.25, 0.3) is 0 Å². The van der Waals surface area contributed by atoms with Crippen molar-refractivity contribution in [1.82, 2.24) is 5.32 Å². The Morgan fingerprint density at radius 3 is 2.00 bits per heavy atom. The van der Waals surface area contributed by atoms with E-state index < -0.39 is 5.92 Å². The smallest absolute Gasteiger partial charge is 0.262 e. The number of ether oxygens (including phenoxy) is 2. The summed E-state index contributed by atoms with van der Waals surface area (Å²) in [5, 5.41) is 6.37. The van der Waals surface area contributed by atoms with Crippen LogP contribution in [-0.4, -0.2) is 31.2 Å². The molecule has 39 heavy (non-hydrogen) atoms. The van der Waals surface area contributed by atoms with Gasteiger partial charge in [0, 0.05) is 52.6 Å². The third-order valence-electron chi connectivity index (χ3n) is 7.68. The lowest BCUT2D eigenvalue weighted by molar-refractivity contribution is -0.120. The molecule has 3 aliphatic rings. The van der Waals surface area contributed by atoms with E-state index in [9.17, 15) is 14.4 Å². The second-order valence-corrected chi connectivity index (χ2v) is 12.3. The molecule has 7 heteroatoms. The Morgan fingerprint density at radius 2 is 1.44 bits per heavy atom. The quantitative estimate of drug-likeness (QED) is 0.501. The Labute approximate surface area is 229 Å². The Morgan fingerprint density at radius 1 is 0.872 bits per heavy atom. The topological polar surface area (TPSA) is 93.7 Å². The maximum absolute atomic E-state index is 13.6. The number of nitrogens with one attached hydrogen (secondary N) is 2. The van der Waals surface area contributed by atoms with Crippen LogP contribution < -0.4 is 20.1 Å². The van der Waals surface area contributed by atoms with Gasteiger partial charge < -0.3 is 20.1 Å². The van der Waals surface area contributed by atoms with Gasteiger partial charge in [-0.2, -0.15) is 0 Å². The number of rotatable bonds is 6. The van der Waals surface area contributed by atoms with Crippen molar-refractivity contribution in [3.63, 3.8) is 0 Å². The van der Waals surface area contributed by atoms with Gasteiger partial charge in [-0.3, -0.25) is 14.4 Å². The van der Waals surface area contributed by atoms with Crippen LogP contribution in [0.1, 0.15) is 64.9 Å². The van der Waals surface area contributed by atoms with E-state index in [-0.39, 0.29) is 34.9 Å². The van der Waals surface area contributed by atoms with E-state index >= 15 is 0 Å². The predicted octanol–water partition coefficient (Wildman–Crippen LogP) is 5.69. The highest BCUT2D eigenvalue weighted by molar-refractivity contribution is 6.07. The van der Waals surface area contributed by atoms with Gasteiger partial charge in [0.2, 0.25) is 0 Å². The standard InChI is InChI=1S/C32H36N2O5/c1-31(2)14-22-29(24(35)16-31)28(30-23(34-22)15-32(3,4)17-25(30)36)21-8-6-7-9-26(21)39-18-27(37)33-19-10-12-20(38-5)13-11-19/h6-13,28,34H,14-18H2,1-5H3,(H,33,37). The first-order valence-corrected chi connectivity index (χ1v) is 13.4. The Kier molecular flexibility index (Phi) is 6.87. The zero-order valence-electron chi connectivity index (χ0n) is 23.3. The van der Waals surface area contributed by atoms with Gasteiger partial charge in [0.15, 0.2) is 18.2 Å². The SMILES string of the molecule is COc1ccc(NC(=O)COc2ccccc2C2C3=C(CC(C)(C)CC3=O)NC3=C2C(=O)CC(C)(C)C3)cc1. The van der Waals surface area contributed by atoms with Gasteiger partial charge in [-0.15, -0.1) is 0 Å². The number of hydrogen-bond acceptors (Lipinski definition) is 6. The number of carbonyl (C=O) groups is 3. The number of methoxy groups -OCH3 is 1. The first kappa shape index (κ1) is 26.7. The predicted molar refractivity (Wildman–Crippen MR) is 150 cm³/mol. The lowest BCUT2D eigenvalue weighted by atomic mass is 9.64. The summed E-state index contributed by atoms with van der Waals surface area (Å²) in [7, 11) is 1.59. The first-order chi connectivity index (χ1) is 18.5. The highest BCUT2D eigenvalue weighted by Crippen LogP contribution is 2.52. The molecule has 0 saturated heterocycles. The molecule has 204 valence electrons. The number of ketones is 2. The molecule has 2 aliphatic carbocycles. The number of amides is 1. The fraction of sp³-hybridized carbons (Fsp3) is 0.406. The van der Waals surface area contributed by atoms with Crippen LogP contribution in [0, 0.1) is 10.8 Å². The van der Waals surface area contributed by atoms with Gasteiger partial charge in [-0.25, -0.2) is 0 Å². The Hall–Kier alpha value is -3.87. The Balaban J connectivity index is 1.48. The average molecular weight is 529 g/mol. The number of benzene rings is 2. The summed E-state index contributed by atoms with van der Waals surface area (Å²) < 4.78 is 11.2. The number of anilines is 1. The zero-order valence-corrected chi connectivity index (χ0v) is 23.3. The number of allylic oxidation sites excluding steroid dienone is 4. The van der Waals surface area contributed by atoms with Crippen molar-refractivity contribution in [2.45, 2.75) is 59.3 Å². The van der Waals surface area contributed by atoms with Crippen molar-refractivity contribution in [3.8, 4) is 11.5 Å². The molecule has 7 nitrogen and oxygen atoms in total. The monoisotopic (exact) mass is 528 g/mol. The molecule has 0 bridgehead atoms. The molecule has 0 saturated carbocycles. The van der Waals surface area contributed by atoms with E-state index in [1.807, 2.05) is 18.2 Å². The average Bonchev–Trinajstić information content (AvgIpc) is 2.85. The van der Waals surface area contributed by atoms with Gasteiger partial charge in [0.1, 0.15) is 11.5 Å². The molecule has 2 aromatic rings. The fourth-order valence-electron chi connectivity index (χ4n) is 6.07. The highest BCUT2D eigenvalue weighted by atomic mass is 16.5. The molecule has 1 heterocycles. The minimum Gasteiger partial charge on any atom is -0.497 e. The van der Waals surface area contributed by atoms with Crippen LogP contribution in [0.4, 0.5) is 5.69 Å². The lowest BCUT2D eigenvalue weighted by Crippen LogP contribution is -2.42. The van der Waals surface area contributed by atoms with E-state index in [1.165, 1.54) is 0 Å². The molecule has 5 rings (SSSR count). The van der Waals surface area contributed by atoms with Gasteiger partial charge in [-0.1, -0.05) is 45.9 Å². The van der Waals surface area contributed by atoms with Gasteiger partial charge in [0.25, 0.3) is 5.91 Å². The van der Waals surface area contributed by atoms with Crippen LogP contribution in [0.2, 0.25) is 0 Å². The molecular formula is C32H36N2O5. The summed E-state index contributed by atoms with van der Waals surface area (Å²) in [6.07, 6.45) is 2.28. The first-order valence-electron chi connectivity index (χ1n) is 13.4. The van der Waals surface area contributed by atoms with Crippen molar-refractivity contribution in [2.75, 3.05) is 19.0 Å². The second-order valence-electron chi connectivity index (χ2n) is 12.3. The largest absolute Gasteiger partial charge is 0.497 e. The third kappa shape index (κ3) is 5.49. The van der Waals surface area contributed by atoms with Crippen LogP contribution in [0.5, 0.6) is 11.5 Å². The van der Waals surface area contributed by atoms with E-state index in [4.69, 9.17) is 9.47 Å². The molecule has 0 spiro atoms. The zero-order chi connectivity index (χ0) is 27.9. The van der Waals surface area contributed by atoms with Gasteiger partial charge in [0.05, 0.1) is 7.11 Å². The van der Waals surface area contributed by atoms with Crippen LogP contribution in [0.3, 0.4) is 0 Å². The lowest BCUT2D eigenvalue weighted by Gasteiger charge is -2.44. The van der Waals surface area contributed by atoms with Crippen LogP contribution in [-0.2, 0) is 14.4 Å². The number of hydrogen-bond donors (Lipinski definition) is 2. The van der Waals surface area contributed by atoms with Crippen molar-refractivity contribution in [2.24, 2.45) is 10.8 Å². The molecule has 0 atom stereocenters. The number of carbonyl (C=O) groups excluding carboxylic acids is 3. The summed E-state index contributed by atoms with van der Waals surface area (Å²) in [5.41, 5.74) is 4.13. The normalized spacial score (nSPS) is 20.1. The number of dihydropyridines is 1. The molecule has 0 fully saturated rings. The molecule has 2 aromatic carbocycles. The minimum absolute atomic E-state index is 0.0509. The van der Waals surface area contributed by atoms with Crippen molar-refractivity contribution < 1.29 is 23.9 Å². The van der Waals surface area contributed by atoms with E-state index in [0.29, 0.717) is 41.2 Å². The van der Waals surface area contributed by atoms with Gasteiger partial charge in [-0.05, 0) is 54.0 Å². The van der Waals surface area contributed by atoms with E-state index in [2.05, 4.69) is 38.3 Å². The third-order valence-corrected chi connectivity index (χ3v) is 7.68. The Bertz CT molecular complexity index is 1350. The molecule has 2 N–H and O–H groups in total. The number of Topliss-reactive ketones (excluding diaryl/α,β-unsaturated/α-hetero) is 2. The maximum Gasteiger partial charge on any atom is 0.262 e. The highest BCUT2D eigenvalue weighted by Gasteiger charge is 2.47. The summed E-state index contributed by atoms with van der Waals surface area (Å²) in [6, 6.07) is 14.5. The second kappa shape index (κ2) is 10.0. The van der Waals surface area contributed by atoms with Crippen molar-refractivity contribution in [3.05, 3.63) is 76.6 Å². The molecule has 0 aromatic heterocycles. The molecule has 1 aliphatic heterocycles. The van der Waals surface area contributed by atoms with E-state index in [1.54, 1.807) is 37.4 Å². The molecular weight excluding hydrogens is 492 g/mol. The maximum atomic E-state index is 13.6. The van der Waals surface area contributed by atoms with Crippen LogP contribution in [0.15, 0.2) is 71.1 Å². The summed E-state index contributed by atoms with van der Waals surface area (Å²) in [5.74, 6) is 0.451. The summed E-state index contributed by atoms with van der Waals surface area (Å²) in [4.78, 5) is 40.0. The van der Waals surface area contributed by atoms with E-state index in [0.717, 1.165) is 29.8 Å². The summed E-state index contributed by atoms with van der Waals surface area (Å²) >= 11 is 0. The minimum atomic E-state index is -0.524. The van der Waals surface area contributed by atoms with Crippen LogP contribution >= 0.6 is 0 Å². The molecule has 1 amide bonds. The van der Waals surface area contributed by atoms with Crippen molar-refractivity contribution >= 4 is 23.2 Å². The number of para-hydroxylation sites is 1.